The fourth-order valence-electron chi connectivity index (χ4n) is 1.40. The average Bonchev–Trinajstić information content (AvgIpc) is 2.74. The highest BCUT2D eigenvalue weighted by atomic mass is 32.3. The Labute approximate surface area is 113 Å². The summed E-state index contributed by atoms with van der Waals surface area (Å²) >= 11 is 0. The van der Waals surface area contributed by atoms with Crippen molar-refractivity contribution in [3.05, 3.63) is 42.1 Å². The van der Waals surface area contributed by atoms with Gasteiger partial charge in [0.05, 0.1) is 18.1 Å². The van der Waals surface area contributed by atoms with E-state index in [0.29, 0.717) is 5.76 Å². The highest BCUT2D eigenvalue weighted by Gasteiger charge is 2.13. The molecule has 0 saturated heterocycles. The molecule has 2 aromatic heterocycles. The van der Waals surface area contributed by atoms with Gasteiger partial charge in [-0.05, 0) is 19.1 Å². The molecular formula is C11H9FN2O5S. The monoisotopic (exact) mass is 300 g/mol. The number of aromatic nitrogens is 1. The fourth-order valence-corrected chi connectivity index (χ4v) is 1.72. The molecule has 1 N–H and O–H groups in total. The molecule has 106 valence electrons. The van der Waals surface area contributed by atoms with Gasteiger partial charge in [0.25, 0.3) is 5.91 Å². The number of carbonyl (C=O) groups is 1. The number of hydrogen-bond acceptors (Lipinski definition) is 6. The Balaban J connectivity index is 2.14. The molecule has 2 heterocycles. The summed E-state index contributed by atoms with van der Waals surface area (Å²) < 4.78 is 42.1. The number of pyridine rings is 1. The molecule has 0 aromatic carbocycles. The second-order valence-corrected chi connectivity index (χ2v) is 4.70. The van der Waals surface area contributed by atoms with Crippen LogP contribution in [0.15, 0.2) is 35.0 Å². The summed E-state index contributed by atoms with van der Waals surface area (Å²) in [7, 11) is -5.14. The van der Waals surface area contributed by atoms with Crippen molar-refractivity contribution in [1.82, 2.24) is 4.98 Å². The third-order valence-corrected chi connectivity index (χ3v) is 2.52. The van der Waals surface area contributed by atoms with Gasteiger partial charge in [0.2, 0.25) is 0 Å². The molecule has 2 rings (SSSR count). The summed E-state index contributed by atoms with van der Waals surface area (Å²) in [6, 6.07) is 4.20. The average molecular weight is 300 g/mol. The zero-order valence-corrected chi connectivity index (χ0v) is 11.0. The van der Waals surface area contributed by atoms with Crippen molar-refractivity contribution in [3.8, 4) is 5.75 Å². The molecule has 9 heteroatoms. The number of nitrogens with one attached hydrogen (secondary N) is 1. The van der Waals surface area contributed by atoms with Crippen LogP contribution in [0.4, 0.5) is 9.57 Å². The van der Waals surface area contributed by atoms with Crippen LogP contribution >= 0.6 is 0 Å². The third-order valence-electron chi connectivity index (χ3n) is 2.13. The number of anilines is 1. The first-order valence-electron chi connectivity index (χ1n) is 5.30. The lowest BCUT2D eigenvalue weighted by Gasteiger charge is -2.04. The molecule has 0 saturated carbocycles. The Bertz CT molecular complexity index is 741. The molecule has 0 atom stereocenters. The van der Waals surface area contributed by atoms with E-state index in [4.69, 9.17) is 4.42 Å². The molecule has 0 aliphatic rings. The summed E-state index contributed by atoms with van der Waals surface area (Å²) in [5.74, 6) is -0.276. The highest BCUT2D eigenvalue weighted by Crippen LogP contribution is 2.18. The van der Waals surface area contributed by atoms with Crippen molar-refractivity contribution in [2.24, 2.45) is 0 Å². The maximum Gasteiger partial charge on any atom is 0.488 e. The number of carbonyl (C=O) groups excluding carboxylic acids is 1. The number of amides is 1. The first-order valence-corrected chi connectivity index (χ1v) is 6.61. The lowest BCUT2D eigenvalue weighted by molar-refractivity contribution is 0.0995. The molecule has 7 nitrogen and oxygen atoms in total. The molecule has 0 radical (unpaired) electrons. The number of rotatable bonds is 4. The number of hydrogen-bond donors (Lipinski definition) is 1. The summed E-state index contributed by atoms with van der Waals surface area (Å²) in [6.45, 7) is 1.68. The minimum atomic E-state index is -5.14. The standard InChI is InChI=1S/C11H9FN2O5S/c1-7-2-3-10(18-7)11(15)14-8-4-9(6-13-5-8)19-20(12,16)17/h2-6H,1H3,(H,14,15). The molecule has 1 amide bonds. The van der Waals surface area contributed by atoms with Crippen molar-refractivity contribution in [1.29, 1.82) is 0 Å². The lowest BCUT2D eigenvalue weighted by Crippen LogP contribution is -2.11. The normalized spacial score (nSPS) is 11.1. The summed E-state index contributed by atoms with van der Waals surface area (Å²) in [6.07, 6.45) is 2.23. The Morgan fingerprint density at radius 2 is 2.15 bits per heavy atom. The predicted octanol–water partition coefficient (Wildman–Crippen LogP) is 1.83. The van der Waals surface area contributed by atoms with Gasteiger partial charge in [0, 0.05) is 6.07 Å². The van der Waals surface area contributed by atoms with Crippen LogP contribution < -0.4 is 9.50 Å². The van der Waals surface area contributed by atoms with Gasteiger partial charge < -0.3 is 13.9 Å². The molecule has 0 spiro atoms. The molecule has 20 heavy (non-hydrogen) atoms. The second kappa shape index (κ2) is 5.29. The topological polar surface area (TPSA) is 98.5 Å². The second-order valence-electron chi connectivity index (χ2n) is 3.75. The van der Waals surface area contributed by atoms with Gasteiger partial charge in [-0.25, -0.2) is 0 Å². The van der Waals surface area contributed by atoms with Crippen LogP contribution in [0.2, 0.25) is 0 Å². The van der Waals surface area contributed by atoms with E-state index < -0.39 is 16.4 Å². The quantitative estimate of drug-likeness (QED) is 0.865. The van der Waals surface area contributed by atoms with Gasteiger partial charge in [-0.15, -0.1) is 0 Å². The summed E-state index contributed by atoms with van der Waals surface area (Å²) in [5, 5.41) is 2.41. The van der Waals surface area contributed by atoms with Gasteiger partial charge in [-0.2, -0.15) is 8.42 Å². The summed E-state index contributed by atoms with van der Waals surface area (Å²) in [4.78, 5) is 15.4. The van der Waals surface area contributed by atoms with Gasteiger partial charge >= 0.3 is 10.5 Å². The first-order chi connectivity index (χ1) is 9.33. The Morgan fingerprint density at radius 3 is 2.75 bits per heavy atom. The molecule has 0 aliphatic heterocycles. The number of aryl methyl sites for hydroxylation is 1. The van der Waals surface area contributed by atoms with Crippen LogP contribution in [0.5, 0.6) is 5.75 Å². The molecule has 0 aliphatic carbocycles. The molecule has 0 bridgehead atoms. The zero-order chi connectivity index (χ0) is 14.8. The van der Waals surface area contributed by atoms with E-state index in [1.807, 2.05) is 0 Å². The third kappa shape index (κ3) is 3.79. The minimum absolute atomic E-state index is 0.0759. The fraction of sp³-hybridized carbons (Fsp3) is 0.0909. The Morgan fingerprint density at radius 1 is 1.40 bits per heavy atom. The molecular weight excluding hydrogens is 291 g/mol. The molecule has 2 aromatic rings. The van der Waals surface area contributed by atoms with Gasteiger partial charge in [-0.3, -0.25) is 9.78 Å². The van der Waals surface area contributed by atoms with Crippen LogP contribution in [0.3, 0.4) is 0 Å². The van der Waals surface area contributed by atoms with Crippen molar-refractivity contribution < 1.29 is 25.7 Å². The van der Waals surface area contributed by atoms with Crippen molar-refractivity contribution >= 4 is 22.1 Å². The van der Waals surface area contributed by atoms with Gasteiger partial charge in [0.1, 0.15) is 5.76 Å². The zero-order valence-electron chi connectivity index (χ0n) is 10.2. The van der Waals surface area contributed by atoms with Crippen molar-refractivity contribution in [3.63, 3.8) is 0 Å². The van der Waals surface area contributed by atoms with E-state index in [-0.39, 0.29) is 17.2 Å². The largest absolute Gasteiger partial charge is 0.488 e. The maximum atomic E-state index is 12.4. The smallest absolute Gasteiger partial charge is 0.456 e. The van der Waals surface area contributed by atoms with E-state index in [9.17, 15) is 17.1 Å². The van der Waals surface area contributed by atoms with Crippen molar-refractivity contribution in [2.75, 3.05) is 5.32 Å². The van der Waals surface area contributed by atoms with Crippen LogP contribution in [-0.4, -0.2) is 19.3 Å². The van der Waals surface area contributed by atoms with Gasteiger partial charge in [-0.1, -0.05) is 3.89 Å². The first kappa shape index (κ1) is 14.0. The van der Waals surface area contributed by atoms with E-state index >= 15 is 0 Å². The predicted molar refractivity (Wildman–Crippen MR) is 66.3 cm³/mol. The minimum Gasteiger partial charge on any atom is -0.456 e. The van der Waals surface area contributed by atoms with E-state index in [2.05, 4.69) is 14.5 Å². The van der Waals surface area contributed by atoms with Crippen LogP contribution in [0, 0.1) is 6.92 Å². The Kier molecular flexibility index (Phi) is 3.70. The molecule has 0 unspecified atom stereocenters. The van der Waals surface area contributed by atoms with Crippen LogP contribution in [-0.2, 0) is 10.5 Å². The number of furan rings is 1. The Hall–Kier alpha value is -2.42. The van der Waals surface area contributed by atoms with Gasteiger partial charge in [0.15, 0.2) is 11.5 Å². The number of nitrogens with zero attached hydrogens (tertiary/aromatic N) is 1. The van der Waals surface area contributed by atoms with E-state index in [1.165, 1.54) is 12.3 Å². The highest BCUT2D eigenvalue weighted by molar-refractivity contribution is 7.81. The van der Waals surface area contributed by atoms with Crippen LogP contribution in [0.25, 0.3) is 0 Å². The van der Waals surface area contributed by atoms with E-state index in [1.54, 1.807) is 13.0 Å². The molecule has 0 fully saturated rings. The summed E-state index contributed by atoms with van der Waals surface area (Å²) in [5.41, 5.74) is 0.130. The van der Waals surface area contributed by atoms with Crippen LogP contribution in [0.1, 0.15) is 16.3 Å². The van der Waals surface area contributed by atoms with E-state index in [0.717, 1.165) is 12.3 Å². The lowest BCUT2D eigenvalue weighted by atomic mass is 10.3. The number of halogens is 1. The maximum absolute atomic E-state index is 12.4. The van der Waals surface area contributed by atoms with Crippen molar-refractivity contribution in [2.45, 2.75) is 6.92 Å². The SMILES string of the molecule is Cc1ccc(C(=O)Nc2cncc(OS(=O)(=O)F)c2)o1.